The van der Waals surface area contributed by atoms with E-state index in [0.717, 1.165) is 30.2 Å². The van der Waals surface area contributed by atoms with E-state index in [-0.39, 0.29) is 0 Å². The first-order valence-corrected chi connectivity index (χ1v) is 7.35. The molecule has 1 saturated heterocycles. The molecule has 1 aromatic carbocycles. The van der Waals surface area contributed by atoms with Crippen LogP contribution in [0.5, 0.6) is 0 Å². The molecule has 1 aliphatic rings. The quantitative estimate of drug-likeness (QED) is 0.933. The first kappa shape index (κ1) is 13.0. The van der Waals surface area contributed by atoms with E-state index in [4.69, 9.17) is 5.73 Å². The van der Waals surface area contributed by atoms with Crippen LogP contribution in [-0.2, 0) is 13.5 Å². The molecule has 1 fully saturated rings. The number of hydrogen-bond donors (Lipinski definition) is 1. The molecule has 20 heavy (non-hydrogen) atoms. The van der Waals surface area contributed by atoms with Crippen molar-refractivity contribution in [3.63, 3.8) is 0 Å². The number of nitrogens with two attached hydrogens (primary N) is 1. The van der Waals surface area contributed by atoms with Gasteiger partial charge in [0.15, 0.2) is 5.82 Å². The fraction of sp³-hybridized carbons (Fsp3) is 0.438. The standard InChI is InChI=1S/C16H22N4/c1-3-13-15(17)16(19(2)18-13)20-11-7-10-14(20)12-8-5-4-6-9-12/h4-6,8-9,14H,3,7,10-11,17H2,1-2H3. The maximum absolute atomic E-state index is 6.31. The third-order valence-corrected chi connectivity index (χ3v) is 4.17. The van der Waals surface area contributed by atoms with Gasteiger partial charge in [-0.3, -0.25) is 4.68 Å². The van der Waals surface area contributed by atoms with Gasteiger partial charge in [-0.1, -0.05) is 37.3 Å². The Morgan fingerprint density at radius 1 is 1.30 bits per heavy atom. The lowest BCUT2D eigenvalue weighted by molar-refractivity contribution is 0.667. The SMILES string of the molecule is CCc1nn(C)c(N2CCCC2c2ccccc2)c1N. The summed E-state index contributed by atoms with van der Waals surface area (Å²) in [6, 6.07) is 11.1. The molecule has 0 radical (unpaired) electrons. The van der Waals surface area contributed by atoms with E-state index in [0.29, 0.717) is 6.04 Å². The Kier molecular flexibility index (Phi) is 3.38. The van der Waals surface area contributed by atoms with Crippen molar-refractivity contribution < 1.29 is 0 Å². The molecule has 1 atom stereocenters. The van der Waals surface area contributed by atoms with Crippen LogP contribution in [0.2, 0.25) is 0 Å². The summed E-state index contributed by atoms with van der Waals surface area (Å²) in [7, 11) is 1.99. The number of rotatable bonds is 3. The number of anilines is 2. The Balaban J connectivity index is 1.99. The minimum absolute atomic E-state index is 0.415. The van der Waals surface area contributed by atoms with Crippen molar-refractivity contribution in [3.8, 4) is 0 Å². The summed E-state index contributed by atoms with van der Waals surface area (Å²) in [4.78, 5) is 2.41. The molecule has 0 aliphatic carbocycles. The summed E-state index contributed by atoms with van der Waals surface area (Å²) >= 11 is 0. The van der Waals surface area contributed by atoms with Crippen LogP contribution in [0.3, 0.4) is 0 Å². The van der Waals surface area contributed by atoms with Gasteiger partial charge in [-0.2, -0.15) is 5.10 Å². The highest BCUT2D eigenvalue weighted by Gasteiger charge is 2.30. The predicted molar refractivity (Wildman–Crippen MR) is 82.8 cm³/mol. The molecular formula is C16H22N4. The summed E-state index contributed by atoms with van der Waals surface area (Å²) in [6.07, 6.45) is 3.26. The Morgan fingerprint density at radius 3 is 2.70 bits per heavy atom. The fourth-order valence-corrected chi connectivity index (χ4v) is 3.23. The third kappa shape index (κ3) is 2.05. The molecule has 0 amide bonds. The van der Waals surface area contributed by atoms with E-state index in [9.17, 15) is 0 Å². The molecule has 2 N–H and O–H groups in total. The van der Waals surface area contributed by atoms with E-state index in [2.05, 4.69) is 47.3 Å². The monoisotopic (exact) mass is 270 g/mol. The van der Waals surface area contributed by atoms with Crippen LogP contribution in [0, 0.1) is 0 Å². The normalized spacial score (nSPS) is 18.7. The van der Waals surface area contributed by atoms with Crippen LogP contribution < -0.4 is 10.6 Å². The Hall–Kier alpha value is -1.97. The lowest BCUT2D eigenvalue weighted by atomic mass is 10.0. The molecule has 0 saturated carbocycles. The van der Waals surface area contributed by atoms with Crippen LogP contribution in [0.25, 0.3) is 0 Å². The van der Waals surface area contributed by atoms with Gasteiger partial charge in [0.2, 0.25) is 0 Å². The van der Waals surface area contributed by atoms with Crippen LogP contribution in [-0.4, -0.2) is 16.3 Å². The molecule has 2 aromatic rings. The first-order valence-electron chi connectivity index (χ1n) is 7.35. The highest BCUT2D eigenvalue weighted by atomic mass is 15.4. The largest absolute Gasteiger partial charge is 0.394 e. The first-order chi connectivity index (χ1) is 9.72. The molecule has 4 heteroatoms. The van der Waals surface area contributed by atoms with Gasteiger partial charge >= 0.3 is 0 Å². The van der Waals surface area contributed by atoms with E-state index in [1.165, 1.54) is 18.4 Å². The Morgan fingerprint density at radius 2 is 2.05 bits per heavy atom. The van der Waals surface area contributed by atoms with Gasteiger partial charge in [-0.25, -0.2) is 0 Å². The minimum Gasteiger partial charge on any atom is -0.394 e. The van der Waals surface area contributed by atoms with E-state index in [1.807, 2.05) is 11.7 Å². The molecular weight excluding hydrogens is 248 g/mol. The number of hydrogen-bond acceptors (Lipinski definition) is 3. The van der Waals surface area contributed by atoms with Crippen molar-refractivity contribution in [1.82, 2.24) is 9.78 Å². The average molecular weight is 270 g/mol. The van der Waals surface area contributed by atoms with Gasteiger partial charge in [0.1, 0.15) is 0 Å². The molecule has 2 heterocycles. The number of aryl methyl sites for hydroxylation is 2. The average Bonchev–Trinajstić information content (AvgIpc) is 3.04. The molecule has 1 aliphatic heterocycles. The predicted octanol–water partition coefficient (Wildman–Crippen LogP) is 2.91. The van der Waals surface area contributed by atoms with Crippen LogP contribution in [0.15, 0.2) is 30.3 Å². The smallest absolute Gasteiger partial charge is 0.150 e. The van der Waals surface area contributed by atoms with Gasteiger partial charge in [0, 0.05) is 13.6 Å². The lowest BCUT2D eigenvalue weighted by Crippen LogP contribution is -2.25. The second-order valence-electron chi connectivity index (χ2n) is 5.42. The second kappa shape index (κ2) is 5.19. The summed E-state index contributed by atoms with van der Waals surface area (Å²) in [5.41, 5.74) is 9.52. The number of nitrogen functional groups attached to an aromatic ring is 1. The van der Waals surface area contributed by atoms with Crippen LogP contribution in [0.4, 0.5) is 11.5 Å². The van der Waals surface area contributed by atoms with Crippen molar-refractivity contribution >= 4 is 11.5 Å². The van der Waals surface area contributed by atoms with Crippen LogP contribution in [0.1, 0.15) is 37.1 Å². The topological polar surface area (TPSA) is 47.1 Å². The van der Waals surface area contributed by atoms with Gasteiger partial charge < -0.3 is 10.6 Å². The summed E-state index contributed by atoms with van der Waals surface area (Å²) in [6.45, 7) is 3.15. The molecule has 4 nitrogen and oxygen atoms in total. The highest BCUT2D eigenvalue weighted by Crippen LogP contribution is 2.39. The molecule has 1 aromatic heterocycles. The third-order valence-electron chi connectivity index (χ3n) is 4.17. The molecule has 0 spiro atoms. The van der Waals surface area contributed by atoms with Gasteiger partial charge in [-0.05, 0) is 24.8 Å². The van der Waals surface area contributed by atoms with Crippen molar-refractivity contribution in [3.05, 3.63) is 41.6 Å². The van der Waals surface area contributed by atoms with E-state index >= 15 is 0 Å². The van der Waals surface area contributed by atoms with Gasteiger partial charge in [-0.15, -0.1) is 0 Å². The summed E-state index contributed by atoms with van der Waals surface area (Å²) in [5.74, 6) is 1.08. The maximum atomic E-state index is 6.31. The van der Waals surface area contributed by atoms with Crippen molar-refractivity contribution in [2.75, 3.05) is 17.2 Å². The fourth-order valence-electron chi connectivity index (χ4n) is 3.23. The van der Waals surface area contributed by atoms with Crippen molar-refractivity contribution in [2.45, 2.75) is 32.2 Å². The number of nitrogens with zero attached hydrogens (tertiary/aromatic N) is 3. The van der Waals surface area contributed by atoms with Gasteiger partial charge in [0.25, 0.3) is 0 Å². The molecule has 3 rings (SSSR count). The second-order valence-corrected chi connectivity index (χ2v) is 5.42. The Bertz CT molecular complexity index is 588. The zero-order valence-electron chi connectivity index (χ0n) is 12.2. The van der Waals surface area contributed by atoms with E-state index < -0.39 is 0 Å². The lowest BCUT2D eigenvalue weighted by Gasteiger charge is -2.27. The highest BCUT2D eigenvalue weighted by molar-refractivity contribution is 5.67. The summed E-state index contributed by atoms with van der Waals surface area (Å²) in [5, 5.41) is 4.55. The zero-order chi connectivity index (χ0) is 14.1. The zero-order valence-corrected chi connectivity index (χ0v) is 12.2. The van der Waals surface area contributed by atoms with Crippen LogP contribution >= 0.6 is 0 Å². The van der Waals surface area contributed by atoms with Crippen molar-refractivity contribution in [2.24, 2.45) is 7.05 Å². The number of aromatic nitrogens is 2. The van der Waals surface area contributed by atoms with Gasteiger partial charge in [0.05, 0.1) is 17.4 Å². The van der Waals surface area contributed by atoms with Crippen molar-refractivity contribution in [1.29, 1.82) is 0 Å². The molecule has 106 valence electrons. The maximum Gasteiger partial charge on any atom is 0.150 e. The van der Waals surface area contributed by atoms with E-state index in [1.54, 1.807) is 0 Å². The Labute approximate surface area is 120 Å². The molecule has 1 unspecified atom stereocenters. The minimum atomic E-state index is 0.415. The summed E-state index contributed by atoms with van der Waals surface area (Å²) < 4.78 is 1.94. The molecule has 0 bridgehead atoms. The number of benzene rings is 1.